The molecule has 4 aromatic rings. The Morgan fingerprint density at radius 1 is 0.527 bits per heavy atom. The summed E-state index contributed by atoms with van der Waals surface area (Å²) >= 11 is 0. The van der Waals surface area contributed by atoms with E-state index in [1.807, 2.05) is 27.7 Å². The summed E-state index contributed by atoms with van der Waals surface area (Å²) in [6, 6.07) is 24.5. The summed E-state index contributed by atoms with van der Waals surface area (Å²) in [7, 11) is 0. The van der Waals surface area contributed by atoms with Crippen LogP contribution in [-0.4, -0.2) is 23.6 Å². The first-order valence-electron chi connectivity index (χ1n) is 19.3. The van der Waals surface area contributed by atoms with Crippen LogP contribution in [0.2, 0.25) is 0 Å². The lowest BCUT2D eigenvalue weighted by atomic mass is 9.73. The van der Waals surface area contributed by atoms with Gasteiger partial charge in [-0.25, -0.2) is 9.80 Å². The zero-order valence-electron chi connectivity index (χ0n) is 34.1. The maximum absolute atomic E-state index is 12.5. The standard InChI is InChI=1S/C49H52N2O4/c1-29-21-36(22-30(2)44(29)50-40(52)17-18-41(50)53)47(7,8)34-14-12-13-33(25-34)27-49(11)28-46(5,6)39-26-35(15-16-38(39)49)48(9,10)37-23-31(3)45(32(4)24-37)51-42(54)19-20-43(51)55/h12-26H,27-28H2,1-11H3. The summed E-state index contributed by atoms with van der Waals surface area (Å²) in [6.45, 7) is 24.0. The minimum absolute atomic E-state index is 0.0311. The van der Waals surface area contributed by atoms with E-state index in [-0.39, 0.29) is 45.3 Å². The van der Waals surface area contributed by atoms with Crippen LogP contribution in [0.1, 0.15) is 116 Å². The molecular formula is C49H52N2O4. The molecule has 1 atom stereocenters. The van der Waals surface area contributed by atoms with Crippen LogP contribution in [0.15, 0.2) is 91.0 Å². The van der Waals surface area contributed by atoms with Gasteiger partial charge in [-0.2, -0.15) is 0 Å². The predicted octanol–water partition coefficient (Wildman–Crippen LogP) is 9.61. The van der Waals surface area contributed by atoms with E-state index in [4.69, 9.17) is 0 Å². The number of carbonyl (C=O) groups excluding carboxylic acids is 4. The third kappa shape index (κ3) is 6.20. The Bertz CT molecular complexity index is 2320. The Labute approximate surface area is 325 Å². The fourth-order valence-corrected chi connectivity index (χ4v) is 9.78. The SMILES string of the molecule is Cc1cc(C(C)(C)c2cccc(CC3(C)CC(C)(C)c4cc(C(C)(C)c5cc(C)c(N6C(=O)C=CC6=O)c(C)c5)ccc43)c2)cc(C)c1N1C(=O)C=CC1=O. The first-order valence-corrected chi connectivity index (χ1v) is 19.3. The lowest BCUT2D eigenvalue weighted by Gasteiger charge is -2.31. The van der Waals surface area contributed by atoms with Gasteiger partial charge in [-0.3, -0.25) is 19.2 Å². The third-order valence-corrected chi connectivity index (χ3v) is 12.7. The van der Waals surface area contributed by atoms with Crippen molar-refractivity contribution in [3.8, 4) is 0 Å². The second kappa shape index (κ2) is 12.9. The molecule has 0 fully saturated rings. The lowest BCUT2D eigenvalue weighted by Crippen LogP contribution is -2.31. The highest BCUT2D eigenvalue weighted by molar-refractivity contribution is 6.29. The Morgan fingerprint density at radius 3 is 1.38 bits per heavy atom. The van der Waals surface area contributed by atoms with Crippen LogP contribution in [0.5, 0.6) is 0 Å². The van der Waals surface area contributed by atoms with E-state index in [1.165, 1.54) is 61.9 Å². The van der Waals surface area contributed by atoms with Gasteiger partial charge in [-0.05, 0) is 113 Å². The van der Waals surface area contributed by atoms with E-state index in [0.29, 0.717) is 11.4 Å². The van der Waals surface area contributed by atoms with Crippen molar-refractivity contribution in [2.24, 2.45) is 0 Å². The van der Waals surface area contributed by atoms with Crippen molar-refractivity contribution in [1.82, 2.24) is 0 Å². The predicted molar refractivity (Wildman–Crippen MR) is 221 cm³/mol. The summed E-state index contributed by atoms with van der Waals surface area (Å²) in [5, 5.41) is 0. The van der Waals surface area contributed by atoms with Crippen molar-refractivity contribution in [3.63, 3.8) is 0 Å². The zero-order chi connectivity index (χ0) is 40.0. The maximum Gasteiger partial charge on any atom is 0.258 e. The average Bonchev–Trinajstić information content (AvgIpc) is 3.68. The van der Waals surface area contributed by atoms with Crippen molar-refractivity contribution in [2.45, 2.75) is 111 Å². The highest BCUT2D eigenvalue weighted by atomic mass is 16.2. The number of fused-ring (bicyclic) bond motifs is 1. The van der Waals surface area contributed by atoms with Crippen LogP contribution in [0.3, 0.4) is 0 Å². The summed E-state index contributed by atoms with van der Waals surface area (Å²) in [5.74, 6) is -1.20. The minimum Gasteiger partial charge on any atom is -0.269 e. The van der Waals surface area contributed by atoms with Gasteiger partial charge in [0.1, 0.15) is 0 Å². The number of aryl methyl sites for hydroxylation is 4. The summed E-state index contributed by atoms with van der Waals surface area (Å²) in [4.78, 5) is 52.7. The number of hydrogen-bond acceptors (Lipinski definition) is 4. The van der Waals surface area contributed by atoms with Gasteiger partial charge in [0.15, 0.2) is 0 Å². The molecule has 4 amide bonds. The van der Waals surface area contributed by atoms with Crippen LogP contribution >= 0.6 is 0 Å². The molecule has 1 unspecified atom stereocenters. The second-order valence-electron chi connectivity index (χ2n) is 18.1. The van der Waals surface area contributed by atoms with Gasteiger partial charge in [0.2, 0.25) is 0 Å². The number of hydrogen-bond donors (Lipinski definition) is 0. The molecule has 282 valence electrons. The Hall–Kier alpha value is -5.36. The number of anilines is 2. The highest BCUT2D eigenvalue weighted by Crippen LogP contribution is 2.52. The molecule has 2 heterocycles. The first-order chi connectivity index (χ1) is 25.7. The number of rotatable bonds is 8. The molecule has 2 aliphatic heterocycles. The van der Waals surface area contributed by atoms with Gasteiger partial charge < -0.3 is 0 Å². The van der Waals surface area contributed by atoms with Gasteiger partial charge in [0.05, 0.1) is 11.4 Å². The van der Waals surface area contributed by atoms with Crippen molar-refractivity contribution in [1.29, 1.82) is 0 Å². The molecule has 0 aromatic heterocycles. The molecule has 6 heteroatoms. The van der Waals surface area contributed by atoms with Crippen LogP contribution in [-0.2, 0) is 47.3 Å². The second-order valence-corrected chi connectivity index (χ2v) is 18.1. The van der Waals surface area contributed by atoms with Crippen molar-refractivity contribution >= 4 is 35.0 Å². The smallest absolute Gasteiger partial charge is 0.258 e. The van der Waals surface area contributed by atoms with E-state index in [2.05, 4.69) is 115 Å². The fourth-order valence-electron chi connectivity index (χ4n) is 9.78. The van der Waals surface area contributed by atoms with E-state index in [1.54, 1.807) is 0 Å². The number of carbonyl (C=O) groups is 4. The zero-order valence-corrected chi connectivity index (χ0v) is 34.1. The van der Waals surface area contributed by atoms with Gasteiger partial charge in [0.25, 0.3) is 23.6 Å². The largest absolute Gasteiger partial charge is 0.269 e. The molecule has 0 saturated heterocycles. The summed E-state index contributed by atoms with van der Waals surface area (Å²) in [6.07, 6.45) is 7.27. The molecule has 0 spiro atoms. The van der Waals surface area contributed by atoms with E-state index >= 15 is 0 Å². The molecular weight excluding hydrogens is 681 g/mol. The van der Waals surface area contributed by atoms with Gasteiger partial charge in [-0.1, -0.05) is 115 Å². The number of imide groups is 2. The van der Waals surface area contributed by atoms with Crippen molar-refractivity contribution < 1.29 is 19.2 Å². The molecule has 6 nitrogen and oxygen atoms in total. The Kier molecular flexibility index (Phi) is 8.87. The molecule has 0 saturated carbocycles. The molecule has 3 aliphatic rings. The summed E-state index contributed by atoms with van der Waals surface area (Å²) < 4.78 is 0. The lowest BCUT2D eigenvalue weighted by molar-refractivity contribution is -0.121. The quantitative estimate of drug-likeness (QED) is 0.169. The molecule has 4 aromatic carbocycles. The van der Waals surface area contributed by atoms with E-state index < -0.39 is 0 Å². The topological polar surface area (TPSA) is 74.8 Å². The van der Waals surface area contributed by atoms with E-state index in [0.717, 1.165) is 46.2 Å². The molecule has 7 rings (SSSR count). The van der Waals surface area contributed by atoms with Gasteiger partial charge in [0, 0.05) is 35.1 Å². The summed E-state index contributed by atoms with van der Waals surface area (Å²) in [5.41, 5.74) is 13.0. The number of amides is 4. The number of nitrogens with zero attached hydrogens (tertiary/aromatic N) is 2. The van der Waals surface area contributed by atoms with Crippen LogP contribution < -0.4 is 9.80 Å². The molecule has 0 bridgehead atoms. The van der Waals surface area contributed by atoms with Crippen LogP contribution in [0, 0.1) is 27.7 Å². The van der Waals surface area contributed by atoms with E-state index in [9.17, 15) is 19.2 Å². The normalized spacial score (nSPS) is 19.3. The van der Waals surface area contributed by atoms with Crippen LogP contribution in [0.4, 0.5) is 11.4 Å². The number of benzene rings is 4. The fraction of sp³-hybridized carbons (Fsp3) is 0.347. The van der Waals surface area contributed by atoms with Crippen molar-refractivity contribution in [2.75, 3.05) is 9.80 Å². The first kappa shape index (κ1) is 37.9. The maximum atomic E-state index is 12.5. The molecule has 1 aliphatic carbocycles. The Morgan fingerprint density at radius 2 is 0.945 bits per heavy atom. The molecule has 55 heavy (non-hydrogen) atoms. The average molecular weight is 733 g/mol. The van der Waals surface area contributed by atoms with Crippen molar-refractivity contribution in [3.05, 3.63) is 152 Å². The monoisotopic (exact) mass is 732 g/mol. The molecule has 0 radical (unpaired) electrons. The highest BCUT2D eigenvalue weighted by Gasteiger charge is 2.45. The molecule has 0 N–H and O–H groups in total. The third-order valence-electron chi connectivity index (χ3n) is 12.7. The minimum atomic E-state index is -0.319. The van der Waals surface area contributed by atoms with Gasteiger partial charge in [-0.15, -0.1) is 0 Å². The Balaban J connectivity index is 1.17. The van der Waals surface area contributed by atoms with Crippen LogP contribution in [0.25, 0.3) is 0 Å². The van der Waals surface area contributed by atoms with Gasteiger partial charge >= 0.3 is 0 Å².